The van der Waals surface area contributed by atoms with E-state index in [-0.39, 0.29) is 46.9 Å². The minimum absolute atomic E-state index is 0.0231. The van der Waals surface area contributed by atoms with Gasteiger partial charge in [0.25, 0.3) is 11.8 Å². The van der Waals surface area contributed by atoms with Crippen molar-refractivity contribution in [2.75, 3.05) is 6.54 Å². The van der Waals surface area contributed by atoms with Crippen LogP contribution in [0.2, 0.25) is 0 Å². The van der Waals surface area contributed by atoms with Crippen molar-refractivity contribution in [1.29, 1.82) is 0 Å². The topological polar surface area (TPSA) is 126 Å². The number of carbonyl (C=O) groups is 2. The number of rotatable bonds is 11. The molecular weight excluding hydrogens is 582 g/mol. The molecule has 0 aliphatic heterocycles. The van der Waals surface area contributed by atoms with Gasteiger partial charge < -0.3 is 15.6 Å². The zero-order valence-corrected chi connectivity index (χ0v) is 23.5. The smallest absolute Gasteiger partial charge is 0.276 e. The lowest BCUT2D eigenvalue weighted by atomic mass is 9.81. The summed E-state index contributed by atoms with van der Waals surface area (Å²) >= 11 is 0. The standard InChI is InChI=1S/C28H32F6N6O3/c1-13(29)11-17(25(41)35-12-27(2,31)32)16-5-6-18-22(19(16)30)37-24(36-18)21(15-7-9-28(33,34)10-8-15)38-26(42)23-20(14-3-4-14)39-43-40-23/h5-6,13-15,17,21H,3-4,7-12H2,1-2H3,(H,35,41)(H,36,37)(H,38,42)/t13?,17-,21-/m0/s1. The van der Waals surface area contributed by atoms with Crippen molar-refractivity contribution < 1.29 is 40.6 Å². The molecule has 15 heteroatoms. The molecule has 3 N–H and O–H groups in total. The van der Waals surface area contributed by atoms with Gasteiger partial charge in [-0.25, -0.2) is 36.0 Å². The first kappa shape index (κ1) is 30.8. The lowest BCUT2D eigenvalue weighted by Crippen LogP contribution is -2.38. The van der Waals surface area contributed by atoms with E-state index in [4.69, 9.17) is 4.63 Å². The van der Waals surface area contributed by atoms with Crippen LogP contribution >= 0.6 is 0 Å². The largest absolute Gasteiger partial charge is 0.350 e. The first-order chi connectivity index (χ1) is 20.2. The SMILES string of the molecule is CC(F)C[C@H](C(=O)NCC(C)(F)F)c1ccc2[nH]c([C@@H](NC(=O)c3nonc3C3CC3)C3CCC(F)(F)CC3)nc2c1F. The Bertz CT molecular complexity index is 1470. The van der Waals surface area contributed by atoms with Crippen LogP contribution in [0.1, 0.15) is 104 Å². The second-order valence-electron chi connectivity index (χ2n) is 11.8. The summed E-state index contributed by atoms with van der Waals surface area (Å²) in [5, 5.41) is 12.4. The maximum Gasteiger partial charge on any atom is 0.276 e. The third-order valence-corrected chi connectivity index (χ3v) is 7.97. The number of carbonyl (C=O) groups excluding carboxylic acids is 2. The number of halogens is 6. The van der Waals surface area contributed by atoms with Crippen LogP contribution in [-0.2, 0) is 4.79 Å². The molecule has 1 unspecified atom stereocenters. The summed E-state index contributed by atoms with van der Waals surface area (Å²) in [6, 6.07) is 1.70. The summed E-state index contributed by atoms with van der Waals surface area (Å²) in [6.07, 6.45) is -1.10. The number of hydrogen-bond acceptors (Lipinski definition) is 6. The van der Waals surface area contributed by atoms with E-state index in [1.54, 1.807) is 0 Å². The number of benzene rings is 1. The monoisotopic (exact) mass is 614 g/mol. The number of nitrogens with zero attached hydrogens (tertiary/aromatic N) is 3. The molecule has 2 heterocycles. The third kappa shape index (κ3) is 7.12. The molecule has 3 atom stereocenters. The van der Waals surface area contributed by atoms with Crippen molar-refractivity contribution in [3.63, 3.8) is 0 Å². The molecule has 2 aliphatic carbocycles. The van der Waals surface area contributed by atoms with E-state index in [0.717, 1.165) is 19.8 Å². The van der Waals surface area contributed by atoms with Gasteiger partial charge in [-0.2, -0.15) is 0 Å². The van der Waals surface area contributed by atoms with Gasteiger partial charge in [0.2, 0.25) is 11.8 Å². The molecule has 2 aromatic heterocycles. The van der Waals surface area contributed by atoms with Gasteiger partial charge in [-0.05, 0) is 56.2 Å². The Labute approximate surface area is 242 Å². The van der Waals surface area contributed by atoms with Gasteiger partial charge in [-0.3, -0.25) is 9.59 Å². The minimum Gasteiger partial charge on any atom is -0.350 e. The Kier molecular flexibility index (Phi) is 8.45. The van der Waals surface area contributed by atoms with Crippen molar-refractivity contribution in [3.05, 3.63) is 40.7 Å². The summed E-state index contributed by atoms with van der Waals surface area (Å²) in [5.41, 5.74) is 0.0717. The molecule has 3 aromatic rings. The molecule has 0 radical (unpaired) electrons. The first-order valence-corrected chi connectivity index (χ1v) is 14.2. The Hall–Kier alpha value is -3.65. The average Bonchev–Trinajstić information content (AvgIpc) is 3.47. The molecule has 234 valence electrons. The summed E-state index contributed by atoms with van der Waals surface area (Å²) < 4.78 is 89.4. The minimum atomic E-state index is -3.23. The van der Waals surface area contributed by atoms with Crippen molar-refractivity contribution >= 4 is 22.8 Å². The van der Waals surface area contributed by atoms with E-state index in [9.17, 15) is 31.5 Å². The number of amides is 2. The van der Waals surface area contributed by atoms with Crippen LogP contribution in [0, 0.1) is 11.7 Å². The first-order valence-electron chi connectivity index (χ1n) is 14.2. The number of aromatic nitrogens is 4. The van der Waals surface area contributed by atoms with Gasteiger partial charge in [0, 0.05) is 31.2 Å². The highest BCUT2D eigenvalue weighted by atomic mass is 19.3. The van der Waals surface area contributed by atoms with Gasteiger partial charge in [0.05, 0.1) is 30.2 Å². The molecule has 9 nitrogen and oxygen atoms in total. The molecule has 5 rings (SSSR count). The fourth-order valence-corrected chi connectivity index (χ4v) is 5.55. The van der Waals surface area contributed by atoms with Crippen LogP contribution in [0.3, 0.4) is 0 Å². The van der Waals surface area contributed by atoms with Gasteiger partial charge >= 0.3 is 0 Å². The van der Waals surface area contributed by atoms with Gasteiger partial charge in [-0.1, -0.05) is 11.2 Å². The van der Waals surface area contributed by atoms with Crippen molar-refractivity contribution in [2.45, 2.75) is 94.7 Å². The highest BCUT2D eigenvalue weighted by Crippen LogP contribution is 2.43. The van der Waals surface area contributed by atoms with Crippen molar-refractivity contribution in [2.24, 2.45) is 5.92 Å². The third-order valence-electron chi connectivity index (χ3n) is 7.97. The molecule has 1 aromatic carbocycles. The number of hydrogen-bond donors (Lipinski definition) is 3. The molecule has 0 spiro atoms. The number of imidazole rings is 1. The van der Waals surface area contributed by atoms with Gasteiger partial charge in [0.1, 0.15) is 17.0 Å². The fraction of sp³-hybridized carbons (Fsp3) is 0.607. The fourth-order valence-electron chi connectivity index (χ4n) is 5.55. The van der Waals surface area contributed by atoms with Crippen LogP contribution in [0.5, 0.6) is 0 Å². The van der Waals surface area contributed by atoms with Crippen LogP contribution in [-0.4, -0.2) is 56.7 Å². The lowest BCUT2D eigenvalue weighted by molar-refractivity contribution is -0.124. The van der Waals surface area contributed by atoms with E-state index in [1.807, 2.05) is 5.32 Å². The normalized spacial score (nSPS) is 19.6. The van der Waals surface area contributed by atoms with E-state index < -0.39 is 79.3 Å². The molecule has 43 heavy (non-hydrogen) atoms. The van der Waals surface area contributed by atoms with E-state index in [0.29, 0.717) is 12.6 Å². The highest BCUT2D eigenvalue weighted by Gasteiger charge is 2.41. The quantitative estimate of drug-likeness (QED) is 0.232. The summed E-state index contributed by atoms with van der Waals surface area (Å²) in [5.74, 6) is -10.5. The van der Waals surface area contributed by atoms with Crippen LogP contribution in [0.15, 0.2) is 16.8 Å². The zero-order chi connectivity index (χ0) is 31.1. The highest BCUT2D eigenvalue weighted by molar-refractivity contribution is 5.93. The van der Waals surface area contributed by atoms with Gasteiger partial charge in [-0.15, -0.1) is 0 Å². The second-order valence-corrected chi connectivity index (χ2v) is 11.8. The Morgan fingerprint density at radius 3 is 2.49 bits per heavy atom. The van der Waals surface area contributed by atoms with Gasteiger partial charge in [0.15, 0.2) is 11.5 Å². The van der Waals surface area contributed by atoms with E-state index in [1.165, 1.54) is 12.1 Å². The number of alkyl halides is 5. The second kappa shape index (κ2) is 11.8. The summed E-state index contributed by atoms with van der Waals surface area (Å²) in [4.78, 5) is 33.4. The molecule has 2 aliphatic rings. The summed E-state index contributed by atoms with van der Waals surface area (Å²) in [7, 11) is 0. The molecule has 0 bridgehead atoms. The van der Waals surface area contributed by atoms with Crippen LogP contribution in [0.4, 0.5) is 26.3 Å². The molecule has 0 saturated heterocycles. The predicted octanol–water partition coefficient (Wildman–Crippen LogP) is 5.86. The maximum absolute atomic E-state index is 15.9. The van der Waals surface area contributed by atoms with Crippen LogP contribution < -0.4 is 10.6 Å². The summed E-state index contributed by atoms with van der Waals surface area (Å²) in [6.45, 7) is 0.759. The molecular formula is C28H32F6N6O3. The Morgan fingerprint density at radius 2 is 1.86 bits per heavy atom. The van der Waals surface area contributed by atoms with Crippen LogP contribution in [0.25, 0.3) is 11.0 Å². The number of fused-ring (bicyclic) bond motifs is 1. The molecule has 2 amide bonds. The number of nitrogens with one attached hydrogen (secondary N) is 3. The maximum atomic E-state index is 15.9. The van der Waals surface area contributed by atoms with Crippen molar-refractivity contribution in [3.8, 4) is 0 Å². The average molecular weight is 615 g/mol. The Balaban J connectivity index is 1.47. The Morgan fingerprint density at radius 1 is 1.16 bits per heavy atom. The number of aromatic amines is 1. The van der Waals surface area contributed by atoms with E-state index in [2.05, 4.69) is 25.6 Å². The zero-order valence-electron chi connectivity index (χ0n) is 23.5. The molecule has 2 saturated carbocycles. The van der Waals surface area contributed by atoms with E-state index >= 15 is 4.39 Å². The lowest BCUT2D eigenvalue weighted by Gasteiger charge is -2.33. The predicted molar refractivity (Wildman–Crippen MR) is 141 cm³/mol. The number of H-pyrrole nitrogens is 1. The molecule has 2 fully saturated rings. The van der Waals surface area contributed by atoms with Crippen molar-refractivity contribution in [1.82, 2.24) is 30.9 Å².